The molecule has 110 valence electrons. The summed E-state index contributed by atoms with van der Waals surface area (Å²) in [6, 6.07) is -0.747. The van der Waals surface area contributed by atoms with Crippen molar-refractivity contribution >= 4 is 23.8 Å². The number of carbonyl (C=O) groups is 2. The molecule has 0 aromatic heterocycles. The fourth-order valence-corrected chi connectivity index (χ4v) is 2.89. The predicted octanol–water partition coefficient (Wildman–Crippen LogP) is 2.17. The van der Waals surface area contributed by atoms with E-state index in [0.717, 1.165) is 38.0 Å². The summed E-state index contributed by atoms with van der Waals surface area (Å²) in [5.74, 6) is -0.221. The molecule has 0 aromatic rings. The van der Waals surface area contributed by atoms with Gasteiger partial charge in [0.1, 0.15) is 6.04 Å². The number of urea groups is 1. The number of carboxylic acid groups (broad SMARTS) is 1. The number of likely N-dealkylation sites (tertiary alicyclic amines) is 1. The Labute approximate surface area is 119 Å². The maximum absolute atomic E-state index is 12.2. The van der Waals surface area contributed by atoms with E-state index in [9.17, 15) is 9.59 Å². The molecule has 0 spiro atoms. The van der Waals surface area contributed by atoms with Crippen LogP contribution in [0.25, 0.3) is 0 Å². The summed E-state index contributed by atoms with van der Waals surface area (Å²) >= 11 is 1.59. The van der Waals surface area contributed by atoms with Crippen molar-refractivity contribution < 1.29 is 14.7 Å². The first-order chi connectivity index (χ1) is 9.10. The van der Waals surface area contributed by atoms with Crippen LogP contribution in [0.5, 0.6) is 0 Å². The fraction of sp³-hybridized carbons (Fsp3) is 0.846. The van der Waals surface area contributed by atoms with Crippen LogP contribution in [0.15, 0.2) is 0 Å². The average molecular weight is 288 g/mol. The highest BCUT2D eigenvalue weighted by Crippen LogP contribution is 2.19. The van der Waals surface area contributed by atoms with Gasteiger partial charge < -0.3 is 15.3 Å². The Morgan fingerprint density at radius 1 is 1.47 bits per heavy atom. The summed E-state index contributed by atoms with van der Waals surface area (Å²) in [7, 11) is 0. The van der Waals surface area contributed by atoms with E-state index < -0.39 is 12.0 Å². The Morgan fingerprint density at radius 3 is 2.79 bits per heavy atom. The lowest BCUT2D eigenvalue weighted by atomic mass is 10.0. The molecule has 0 bridgehead atoms. The number of thioether (sulfide) groups is 1. The van der Waals surface area contributed by atoms with Gasteiger partial charge in [-0.05, 0) is 44.1 Å². The highest BCUT2D eigenvalue weighted by atomic mass is 32.2. The van der Waals surface area contributed by atoms with Crippen molar-refractivity contribution in [3.63, 3.8) is 0 Å². The van der Waals surface area contributed by atoms with Crippen LogP contribution >= 0.6 is 11.8 Å². The Balaban J connectivity index is 2.56. The molecule has 1 aliphatic heterocycles. The summed E-state index contributed by atoms with van der Waals surface area (Å²) in [5.41, 5.74) is 0. The zero-order chi connectivity index (χ0) is 14.3. The summed E-state index contributed by atoms with van der Waals surface area (Å²) in [6.07, 6.45) is 6.50. The van der Waals surface area contributed by atoms with Crippen molar-refractivity contribution in [2.45, 2.75) is 51.1 Å². The number of hydrogen-bond acceptors (Lipinski definition) is 3. The van der Waals surface area contributed by atoms with Crippen LogP contribution in [0.1, 0.15) is 39.0 Å². The lowest BCUT2D eigenvalue weighted by molar-refractivity contribution is -0.139. The summed E-state index contributed by atoms with van der Waals surface area (Å²) < 4.78 is 0. The Morgan fingerprint density at radius 2 is 2.21 bits per heavy atom. The second kappa shape index (κ2) is 8.30. The van der Waals surface area contributed by atoms with Gasteiger partial charge in [-0.3, -0.25) is 0 Å². The van der Waals surface area contributed by atoms with E-state index in [4.69, 9.17) is 5.11 Å². The number of carbonyl (C=O) groups excluding carboxylic acids is 1. The quantitative estimate of drug-likeness (QED) is 0.786. The van der Waals surface area contributed by atoms with Crippen LogP contribution in [0.4, 0.5) is 4.79 Å². The molecule has 1 saturated heterocycles. The number of hydrogen-bond donors (Lipinski definition) is 2. The topological polar surface area (TPSA) is 69.6 Å². The van der Waals surface area contributed by atoms with Gasteiger partial charge in [-0.1, -0.05) is 6.92 Å². The van der Waals surface area contributed by atoms with Gasteiger partial charge in [-0.2, -0.15) is 11.8 Å². The standard InChI is InChI=1S/C13H24N2O3S/c1-3-10-6-4-5-8-15(10)13(18)14-11(12(16)17)7-9-19-2/h10-11H,3-9H2,1-2H3,(H,14,18)(H,16,17)/t10?,11-/m1/s1. The van der Waals surface area contributed by atoms with Crippen molar-refractivity contribution in [3.05, 3.63) is 0 Å². The van der Waals surface area contributed by atoms with Crippen LogP contribution in [0.3, 0.4) is 0 Å². The molecule has 0 aromatic carbocycles. The Kier molecular flexibility index (Phi) is 7.05. The van der Waals surface area contributed by atoms with Gasteiger partial charge in [0.2, 0.25) is 0 Å². The summed E-state index contributed by atoms with van der Waals surface area (Å²) in [5, 5.41) is 11.8. The number of amides is 2. The van der Waals surface area contributed by atoms with E-state index in [0.29, 0.717) is 6.42 Å². The lowest BCUT2D eigenvalue weighted by Crippen LogP contribution is -2.52. The van der Waals surface area contributed by atoms with Crippen LogP contribution in [-0.2, 0) is 4.79 Å². The van der Waals surface area contributed by atoms with Crippen molar-refractivity contribution in [3.8, 4) is 0 Å². The summed E-state index contributed by atoms with van der Waals surface area (Å²) in [4.78, 5) is 25.1. The third-order valence-corrected chi connectivity index (χ3v) is 4.21. The molecular formula is C13H24N2O3S. The predicted molar refractivity (Wildman–Crippen MR) is 77.6 cm³/mol. The smallest absolute Gasteiger partial charge is 0.326 e. The fourth-order valence-electron chi connectivity index (χ4n) is 2.42. The molecule has 1 aliphatic rings. The van der Waals surface area contributed by atoms with Crippen molar-refractivity contribution in [2.24, 2.45) is 0 Å². The number of aliphatic carboxylic acids is 1. The van der Waals surface area contributed by atoms with Crippen molar-refractivity contribution in [2.75, 3.05) is 18.6 Å². The van der Waals surface area contributed by atoms with E-state index in [2.05, 4.69) is 12.2 Å². The molecule has 0 saturated carbocycles. The molecule has 1 unspecified atom stereocenters. The van der Waals surface area contributed by atoms with E-state index >= 15 is 0 Å². The van der Waals surface area contributed by atoms with Crippen LogP contribution < -0.4 is 5.32 Å². The highest BCUT2D eigenvalue weighted by molar-refractivity contribution is 7.98. The molecule has 6 heteroatoms. The number of nitrogens with zero attached hydrogens (tertiary/aromatic N) is 1. The first kappa shape index (κ1) is 16.1. The molecular weight excluding hydrogens is 264 g/mol. The molecule has 5 nitrogen and oxygen atoms in total. The average Bonchev–Trinajstić information content (AvgIpc) is 2.42. The van der Waals surface area contributed by atoms with Gasteiger partial charge in [-0.25, -0.2) is 9.59 Å². The highest BCUT2D eigenvalue weighted by Gasteiger charge is 2.28. The van der Waals surface area contributed by atoms with Crippen LogP contribution in [-0.4, -0.2) is 52.6 Å². The Bertz CT molecular complexity index is 312. The van der Waals surface area contributed by atoms with Gasteiger partial charge in [0.05, 0.1) is 0 Å². The van der Waals surface area contributed by atoms with Crippen molar-refractivity contribution in [1.29, 1.82) is 0 Å². The molecule has 2 amide bonds. The minimum absolute atomic E-state index is 0.222. The lowest BCUT2D eigenvalue weighted by Gasteiger charge is -2.35. The molecule has 19 heavy (non-hydrogen) atoms. The van der Waals surface area contributed by atoms with Gasteiger partial charge in [0, 0.05) is 12.6 Å². The molecule has 1 fully saturated rings. The second-order valence-electron chi connectivity index (χ2n) is 4.87. The molecule has 1 rings (SSSR count). The maximum atomic E-state index is 12.2. The first-order valence-corrected chi connectivity index (χ1v) is 8.28. The van der Waals surface area contributed by atoms with Gasteiger partial charge in [0.25, 0.3) is 0 Å². The number of nitrogens with one attached hydrogen (secondary N) is 1. The third kappa shape index (κ3) is 4.93. The largest absolute Gasteiger partial charge is 0.480 e. The van der Waals surface area contributed by atoms with Crippen LogP contribution in [0, 0.1) is 0 Å². The zero-order valence-electron chi connectivity index (χ0n) is 11.7. The Hall–Kier alpha value is -0.910. The van der Waals surface area contributed by atoms with Gasteiger partial charge in [-0.15, -0.1) is 0 Å². The number of carboxylic acids is 1. The number of piperidine rings is 1. The van der Waals surface area contributed by atoms with E-state index in [1.54, 1.807) is 16.7 Å². The summed E-state index contributed by atoms with van der Waals surface area (Å²) in [6.45, 7) is 2.80. The number of rotatable bonds is 6. The van der Waals surface area contributed by atoms with Crippen LogP contribution in [0.2, 0.25) is 0 Å². The molecule has 1 heterocycles. The minimum atomic E-state index is -0.951. The normalized spacial score (nSPS) is 20.9. The SMILES string of the molecule is CCC1CCCCN1C(=O)N[C@H](CCSC)C(=O)O. The van der Waals surface area contributed by atoms with E-state index in [1.165, 1.54) is 0 Å². The van der Waals surface area contributed by atoms with E-state index in [1.807, 2.05) is 6.26 Å². The first-order valence-electron chi connectivity index (χ1n) is 6.89. The van der Waals surface area contributed by atoms with Crippen molar-refractivity contribution in [1.82, 2.24) is 10.2 Å². The molecule has 2 atom stereocenters. The molecule has 0 radical (unpaired) electrons. The monoisotopic (exact) mass is 288 g/mol. The van der Waals surface area contributed by atoms with Gasteiger partial charge in [0.15, 0.2) is 0 Å². The molecule has 0 aliphatic carbocycles. The minimum Gasteiger partial charge on any atom is -0.480 e. The maximum Gasteiger partial charge on any atom is 0.326 e. The van der Waals surface area contributed by atoms with E-state index in [-0.39, 0.29) is 12.1 Å². The zero-order valence-corrected chi connectivity index (χ0v) is 12.5. The molecule has 2 N–H and O–H groups in total. The second-order valence-corrected chi connectivity index (χ2v) is 5.86. The van der Waals surface area contributed by atoms with Gasteiger partial charge >= 0.3 is 12.0 Å². The third-order valence-electron chi connectivity index (χ3n) is 3.57.